The summed E-state index contributed by atoms with van der Waals surface area (Å²) in [5.41, 5.74) is 7.11. The molecular weight excluding hydrogens is 188 g/mol. The number of halogens is 1. The molecule has 1 aromatic heterocycles. The lowest BCUT2D eigenvalue weighted by atomic mass is 10.1. The SMILES string of the molecule is CCc1cc(C)c(C(N)=O)c(Cl)n1. The van der Waals surface area contributed by atoms with E-state index in [9.17, 15) is 4.79 Å². The van der Waals surface area contributed by atoms with Crippen LogP contribution in [0.5, 0.6) is 0 Å². The number of primary amides is 1. The van der Waals surface area contributed by atoms with Gasteiger partial charge < -0.3 is 5.73 Å². The molecule has 0 bridgehead atoms. The number of amides is 1. The summed E-state index contributed by atoms with van der Waals surface area (Å²) in [5, 5.41) is 0.198. The smallest absolute Gasteiger partial charge is 0.252 e. The molecule has 0 saturated heterocycles. The number of aromatic nitrogens is 1. The van der Waals surface area contributed by atoms with Crippen molar-refractivity contribution >= 4 is 17.5 Å². The number of hydrogen-bond donors (Lipinski definition) is 1. The van der Waals surface area contributed by atoms with Gasteiger partial charge in [0.1, 0.15) is 5.15 Å². The molecule has 0 aliphatic heterocycles. The van der Waals surface area contributed by atoms with Crippen molar-refractivity contribution in [3.63, 3.8) is 0 Å². The van der Waals surface area contributed by atoms with Gasteiger partial charge in [-0.05, 0) is 25.0 Å². The van der Waals surface area contributed by atoms with Crippen LogP contribution in [0.3, 0.4) is 0 Å². The Labute approximate surface area is 81.9 Å². The van der Waals surface area contributed by atoms with Crippen molar-refractivity contribution in [3.8, 4) is 0 Å². The molecule has 4 heteroatoms. The van der Waals surface area contributed by atoms with Crippen LogP contribution < -0.4 is 5.73 Å². The maximum absolute atomic E-state index is 10.9. The number of hydrogen-bond acceptors (Lipinski definition) is 2. The summed E-state index contributed by atoms with van der Waals surface area (Å²) < 4.78 is 0. The molecule has 0 spiro atoms. The summed E-state index contributed by atoms with van der Waals surface area (Å²) in [6.07, 6.45) is 0.791. The van der Waals surface area contributed by atoms with Gasteiger partial charge in [0.2, 0.25) is 0 Å². The zero-order chi connectivity index (χ0) is 10.0. The lowest BCUT2D eigenvalue weighted by Gasteiger charge is -2.05. The van der Waals surface area contributed by atoms with Crippen LogP contribution in [0.25, 0.3) is 0 Å². The van der Waals surface area contributed by atoms with Crippen LogP contribution in [0.1, 0.15) is 28.5 Å². The second kappa shape index (κ2) is 3.75. The van der Waals surface area contributed by atoms with Crippen LogP contribution in [-0.2, 0) is 6.42 Å². The highest BCUT2D eigenvalue weighted by Crippen LogP contribution is 2.18. The van der Waals surface area contributed by atoms with Gasteiger partial charge in [-0.1, -0.05) is 18.5 Å². The van der Waals surface area contributed by atoms with Gasteiger partial charge in [-0.2, -0.15) is 0 Å². The summed E-state index contributed by atoms with van der Waals surface area (Å²) in [6, 6.07) is 1.83. The molecule has 1 rings (SSSR count). The molecule has 1 amide bonds. The van der Waals surface area contributed by atoms with Gasteiger partial charge in [-0.25, -0.2) is 4.98 Å². The largest absolute Gasteiger partial charge is 0.365 e. The van der Waals surface area contributed by atoms with Crippen LogP contribution in [0.15, 0.2) is 6.07 Å². The fourth-order valence-corrected chi connectivity index (χ4v) is 1.53. The van der Waals surface area contributed by atoms with E-state index in [-0.39, 0.29) is 5.15 Å². The van der Waals surface area contributed by atoms with Crippen molar-refractivity contribution in [1.29, 1.82) is 0 Å². The molecule has 3 nitrogen and oxygen atoms in total. The Morgan fingerprint density at radius 1 is 1.69 bits per heavy atom. The van der Waals surface area contributed by atoms with Gasteiger partial charge in [-0.3, -0.25) is 4.79 Å². The molecule has 2 N–H and O–H groups in total. The van der Waals surface area contributed by atoms with Crippen molar-refractivity contribution in [1.82, 2.24) is 4.98 Å². The Hall–Kier alpha value is -1.09. The minimum atomic E-state index is -0.530. The minimum Gasteiger partial charge on any atom is -0.365 e. The Kier molecular flexibility index (Phi) is 2.88. The monoisotopic (exact) mass is 198 g/mol. The lowest BCUT2D eigenvalue weighted by Crippen LogP contribution is -2.14. The normalized spacial score (nSPS) is 10.1. The van der Waals surface area contributed by atoms with Crippen LogP contribution >= 0.6 is 11.6 Å². The molecule has 0 aromatic carbocycles. The van der Waals surface area contributed by atoms with Crippen molar-refractivity contribution in [2.24, 2.45) is 5.73 Å². The fraction of sp³-hybridized carbons (Fsp3) is 0.333. The van der Waals surface area contributed by atoms with E-state index in [0.717, 1.165) is 17.7 Å². The maximum atomic E-state index is 10.9. The second-order valence-corrected chi connectivity index (χ2v) is 3.17. The molecule has 13 heavy (non-hydrogen) atoms. The third-order valence-electron chi connectivity index (χ3n) is 1.83. The van der Waals surface area contributed by atoms with Crippen LogP contribution in [0.4, 0.5) is 0 Å². The van der Waals surface area contributed by atoms with E-state index in [1.807, 2.05) is 13.0 Å². The van der Waals surface area contributed by atoms with E-state index in [1.54, 1.807) is 6.92 Å². The number of rotatable bonds is 2. The van der Waals surface area contributed by atoms with Crippen molar-refractivity contribution in [2.45, 2.75) is 20.3 Å². The summed E-state index contributed by atoms with van der Waals surface area (Å²) >= 11 is 5.80. The zero-order valence-corrected chi connectivity index (χ0v) is 8.35. The number of nitrogens with zero attached hydrogens (tertiary/aromatic N) is 1. The summed E-state index contributed by atoms with van der Waals surface area (Å²) in [5.74, 6) is -0.530. The summed E-state index contributed by atoms with van der Waals surface area (Å²) in [4.78, 5) is 15.0. The summed E-state index contributed by atoms with van der Waals surface area (Å²) in [6.45, 7) is 3.77. The van der Waals surface area contributed by atoms with Gasteiger partial charge in [0.25, 0.3) is 5.91 Å². The van der Waals surface area contributed by atoms with E-state index in [4.69, 9.17) is 17.3 Å². The first-order valence-corrected chi connectivity index (χ1v) is 4.39. The van der Waals surface area contributed by atoms with E-state index in [1.165, 1.54) is 0 Å². The van der Waals surface area contributed by atoms with E-state index in [2.05, 4.69) is 4.98 Å². The highest BCUT2D eigenvalue weighted by molar-refractivity contribution is 6.32. The molecule has 1 heterocycles. The molecule has 0 radical (unpaired) electrons. The number of nitrogens with two attached hydrogens (primary N) is 1. The quantitative estimate of drug-likeness (QED) is 0.736. The lowest BCUT2D eigenvalue weighted by molar-refractivity contribution is 0.0999. The standard InChI is InChI=1S/C9H11ClN2O/c1-3-6-4-5(2)7(9(11)13)8(10)12-6/h4H,3H2,1-2H3,(H2,11,13). The topological polar surface area (TPSA) is 56.0 Å². The highest BCUT2D eigenvalue weighted by atomic mass is 35.5. The van der Waals surface area contributed by atoms with Crippen molar-refractivity contribution in [2.75, 3.05) is 0 Å². The Balaban J connectivity index is 3.31. The third-order valence-corrected chi connectivity index (χ3v) is 2.11. The van der Waals surface area contributed by atoms with Crippen LogP contribution in [0, 0.1) is 6.92 Å². The van der Waals surface area contributed by atoms with Crippen LogP contribution in [-0.4, -0.2) is 10.9 Å². The van der Waals surface area contributed by atoms with Crippen molar-refractivity contribution < 1.29 is 4.79 Å². The van der Waals surface area contributed by atoms with Gasteiger partial charge in [0.15, 0.2) is 0 Å². The Bertz CT molecular complexity index is 326. The molecule has 1 aromatic rings. The average molecular weight is 199 g/mol. The number of carbonyl (C=O) groups excluding carboxylic acids is 1. The molecule has 0 unspecified atom stereocenters. The van der Waals surface area contributed by atoms with Crippen molar-refractivity contribution in [3.05, 3.63) is 28.0 Å². The van der Waals surface area contributed by atoms with E-state index in [0.29, 0.717) is 5.56 Å². The first-order valence-electron chi connectivity index (χ1n) is 4.02. The molecule has 0 atom stereocenters. The fourth-order valence-electron chi connectivity index (χ4n) is 1.18. The first-order chi connectivity index (χ1) is 6.06. The van der Waals surface area contributed by atoms with Gasteiger partial charge in [0, 0.05) is 5.69 Å². The molecule has 70 valence electrons. The maximum Gasteiger partial charge on any atom is 0.252 e. The summed E-state index contributed by atoms with van der Waals surface area (Å²) in [7, 11) is 0. The Morgan fingerprint density at radius 2 is 2.31 bits per heavy atom. The average Bonchev–Trinajstić information content (AvgIpc) is 2.02. The predicted molar refractivity (Wildman–Crippen MR) is 51.9 cm³/mol. The highest BCUT2D eigenvalue weighted by Gasteiger charge is 2.12. The zero-order valence-electron chi connectivity index (χ0n) is 7.60. The number of carbonyl (C=O) groups is 1. The minimum absolute atomic E-state index is 0.198. The van der Waals surface area contributed by atoms with Gasteiger partial charge in [0.05, 0.1) is 5.56 Å². The van der Waals surface area contributed by atoms with E-state index < -0.39 is 5.91 Å². The first kappa shape index (κ1) is 9.99. The number of pyridine rings is 1. The third kappa shape index (κ3) is 1.98. The molecule has 0 aliphatic rings. The predicted octanol–water partition coefficient (Wildman–Crippen LogP) is 1.70. The molecule has 0 saturated carbocycles. The molecule has 0 aliphatic carbocycles. The second-order valence-electron chi connectivity index (χ2n) is 2.81. The van der Waals surface area contributed by atoms with E-state index >= 15 is 0 Å². The molecular formula is C9H11ClN2O. The van der Waals surface area contributed by atoms with Crippen LogP contribution in [0.2, 0.25) is 5.15 Å². The van der Waals surface area contributed by atoms with Gasteiger partial charge in [-0.15, -0.1) is 0 Å². The Morgan fingerprint density at radius 3 is 2.69 bits per heavy atom. The number of aryl methyl sites for hydroxylation is 2. The van der Waals surface area contributed by atoms with Gasteiger partial charge >= 0.3 is 0 Å². The molecule has 0 fully saturated rings.